The highest BCUT2D eigenvalue weighted by Crippen LogP contribution is 1.85. The van der Waals surface area contributed by atoms with E-state index in [4.69, 9.17) is 1.12 Å². The Labute approximate surface area is 40.1 Å². The van der Waals surface area contributed by atoms with Crippen LogP contribution < -0.4 is 0 Å². The van der Waals surface area contributed by atoms with Crippen molar-refractivity contribution in [3.8, 4) is 0 Å². The van der Waals surface area contributed by atoms with Gasteiger partial charge in [0, 0.05) is 0 Å². The van der Waals surface area contributed by atoms with E-state index in [-0.39, 0.29) is 0 Å². The molecular weight excluding hydrogens is 80.1 g/mol. The number of unbranched alkanes of at least 4 members (excludes halogenated alkanes) is 1. The van der Waals surface area contributed by atoms with Gasteiger partial charge in [0.15, 0.2) is 0 Å². The molecule has 0 atom stereocenters. The van der Waals surface area contributed by atoms with Crippen LogP contribution in [0.2, 0.25) is 0 Å². The summed E-state index contributed by atoms with van der Waals surface area (Å²) in [5.74, 6) is 0.997. The highest BCUT2D eigenvalue weighted by atomic mass is 32.1. The lowest BCUT2D eigenvalue weighted by molar-refractivity contribution is 0.899. The number of thiol groups is 1. The predicted molar refractivity (Wildman–Crippen MR) is 28.8 cm³/mol. The predicted octanol–water partition coefficient (Wildman–Crippen LogP) is 1.72. The Bertz CT molecular complexity index is 19.5. The topological polar surface area (TPSA) is 0 Å². The van der Waals surface area contributed by atoms with Crippen LogP contribution in [0.15, 0.2) is 0 Å². The SMILES string of the molecule is [3H]SCCCC. The Hall–Kier alpha value is 0.350. The molecule has 0 rings (SSSR count). The maximum Gasteiger partial charge on any atom is 0.102 e. The van der Waals surface area contributed by atoms with Crippen LogP contribution in [0.25, 0.3) is 0 Å². The molecule has 1 heteroatoms. The molecule has 5 heavy (non-hydrogen) atoms. The van der Waals surface area contributed by atoms with Gasteiger partial charge in [-0.25, -0.2) is 0 Å². The zero-order valence-electron chi connectivity index (χ0n) is 4.53. The molecule has 0 aromatic carbocycles. The number of hydrogen-bond donors (Lipinski definition) is 1. The van der Waals surface area contributed by atoms with E-state index < -0.39 is 0 Å². The molecule has 0 nitrogen and oxygen atoms in total. The van der Waals surface area contributed by atoms with E-state index in [1.807, 2.05) is 0 Å². The summed E-state index contributed by atoms with van der Waals surface area (Å²) < 4.78 is 6.62. The van der Waals surface area contributed by atoms with Gasteiger partial charge in [0.25, 0.3) is 0 Å². The van der Waals surface area contributed by atoms with E-state index in [2.05, 4.69) is 6.92 Å². The van der Waals surface area contributed by atoms with Gasteiger partial charge in [-0.05, 0) is 12.2 Å². The Morgan fingerprint density at radius 3 is 3.00 bits per heavy atom. The van der Waals surface area contributed by atoms with Crippen molar-refractivity contribution in [2.24, 2.45) is 0 Å². The Morgan fingerprint density at radius 1 is 2.00 bits per heavy atom. The first kappa shape index (κ1) is 3.54. The minimum atomic E-state index is 0.997. The van der Waals surface area contributed by atoms with Crippen molar-refractivity contribution in [1.82, 2.24) is 0 Å². The maximum atomic E-state index is 6.62. The van der Waals surface area contributed by atoms with Crippen molar-refractivity contribution in [2.75, 3.05) is 5.75 Å². The summed E-state index contributed by atoms with van der Waals surface area (Å²) in [7, 11) is 0. The molecule has 32 valence electrons. The smallest absolute Gasteiger partial charge is 0.102 e. The summed E-state index contributed by atoms with van der Waals surface area (Å²) >= 11 is 1.18. The molecule has 0 aromatic rings. The lowest BCUT2D eigenvalue weighted by atomic mass is 10.4. The number of rotatable bonds is 3. The summed E-state index contributed by atoms with van der Waals surface area (Å²) in [5, 5.41) is 0. The van der Waals surface area contributed by atoms with E-state index in [1.165, 1.54) is 25.4 Å². The molecular formula is C4H10S. The fourth-order valence-electron chi connectivity index (χ4n) is 0.144. The van der Waals surface area contributed by atoms with Gasteiger partial charge in [-0.1, -0.05) is 13.3 Å². The Morgan fingerprint density at radius 2 is 2.80 bits per heavy atom. The first-order valence-corrected chi connectivity index (χ1v) is 2.57. The van der Waals surface area contributed by atoms with Gasteiger partial charge in [0.1, 0.15) is 1.12 Å². The third kappa shape index (κ3) is 4.35. The molecule has 0 amide bonds. The zero-order valence-corrected chi connectivity index (χ0v) is 4.35. The van der Waals surface area contributed by atoms with Crippen LogP contribution in [0.3, 0.4) is 0 Å². The molecule has 0 radical (unpaired) electrons. The first-order chi connectivity index (χ1) is 2.91. The second-order valence-electron chi connectivity index (χ2n) is 1.06. The average Bonchev–Trinajstić information content (AvgIpc) is 1.61. The maximum absolute atomic E-state index is 6.62. The van der Waals surface area contributed by atoms with Crippen molar-refractivity contribution in [3.05, 3.63) is 0 Å². The molecule has 0 aliphatic heterocycles. The van der Waals surface area contributed by atoms with Crippen molar-refractivity contribution < 1.29 is 0 Å². The fourth-order valence-corrected chi connectivity index (χ4v) is 0.433. The van der Waals surface area contributed by atoms with E-state index in [9.17, 15) is 0 Å². The van der Waals surface area contributed by atoms with Crippen LogP contribution in [0.5, 0.6) is 0 Å². The third-order valence-electron chi connectivity index (χ3n) is 0.498. The van der Waals surface area contributed by atoms with Gasteiger partial charge in [0.05, 0.1) is 0 Å². The van der Waals surface area contributed by atoms with Crippen LogP contribution in [0, 0.1) is 0 Å². The minimum absolute atomic E-state index is 0.997. The minimum Gasteiger partial charge on any atom is -0.179 e. The van der Waals surface area contributed by atoms with Gasteiger partial charge in [-0.15, -0.1) is 0 Å². The van der Waals surface area contributed by atoms with E-state index in [1.54, 1.807) is 0 Å². The monoisotopic (exact) mass is 92.1 g/mol. The molecule has 0 N–H and O–H groups in total. The highest BCUT2D eigenvalue weighted by Gasteiger charge is 1.68. The molecule has 0 heterocycles. The summed E-state index contributed by atoms with van der Waals surface area (Å²) in [6, 6.07) is 0. The summed E-state index contributed by atoms with van der Waals surface area (Å²) in [4.78, 5) is 0. The standard InChI is InChI=1S/C4H10S/c1-2-3-4-5/h5H,2-4H2,1H3/i/hT. The van der Waals surface area contributed by atoms with Gasteiger partial charge in [0.2, 0.25) is 0 Å². The lowest BCUT2D eigenvalue weighted by Crippen LogP contribution is -1.65. The lowest BCUT2D eigenvalue weighted by Gasteiger charge is -1.78. The molecule has 0 spiro atoms. The molecule has 0 aliphatic carbocycles. The molecule has 0 unspecified atom stereocenters. The summed E-state index contributed by atoms with van der Waals surface area (Å²) in [5.41, 5.74) is 0. The molecule has 0 saturated heterocycles. The molecule has 0 saturated carbocycles. The summed E-state index contributed by atoms with van der Waals surface area (Å²) in [6.45, 7) is 2.14. The van der Waals surface area contributed by atoms with Gasteiger partial charge < -0.3 is 0 Å². The molecule has 0 bridgehead atoms. The van der Waals surface area contributed by atoms with Gasteiger partial charge >= 0.3 is 0 Å². The van der Waals surface area contributed by atoms with Crippen LogP contribution >= 0.6 is 12.5 Å². The van der Waals surface area contributed by atoms with Crippen molar-refractivity contribution >= 4 is 12.5 Å². The van der Waals surface area contributed by atoms with Crippen molar-refractivity contribution in [1.29, 1.82) is 1.12 Å². The molecule has 0 fully saturated rings. The van der Waals surface area contributed by atoms with E-state index in [0.717, 1.165) is 5.75 Å². The Balaban J connectivity index is 2.34. The van der Waals surface area contributed by atoms with E-state index in [0.29, 0.717) is 0 Å². The van der Waals surface area contributed by atoms with E-state index >= 15 is 0 Å². The normalized spacial score (nSPS) is 11.0. The van der Waals surface area contributed by atoms with Crippen LogP contribution in [-0.4, -0.2) is 6.88 Å². The van der Waals surface area contributed by atoms with Crippen LogP contribution in [-0.2, 0) is 0 Å². The fraction of sp³-hybridized carbons (Fsp3) is 1.00. The molecule has 0 aromatic heterocycles. The summed E-state index contributed by atoms with van der Waals surface area (Å²) in [6.07, 6.45) is 2.40. The third-order valence-corrected chi connectivity index (χ3v) is 0.787. The molecule has 0 aliphatic rings. The number of hydrogen-bond acceptors (Lipinski definition) is 1. The second kappa shape index (κ2) is 4.35. The van der Waals surface area contributed by atoms with Crippen LogP contribution in [0.1, 0.15) is 19.8 Å². The largest absolute Gasteiger partial charge is 0.179 e. The highest BCUT2D eigenvalue weighted by molar-refractivity contribution is 7.80. The van der Waals surface area contributed by atoms with Gasteiger partial charge in [-0.3, -0.25) is 0 Å². The van der Waals surface area contributed by atoms with Crippen molar-refractivity contribution in [3.63, 3.8) is 0 Å². The first-order valence-electron chi connectivity index (χ1n) is 2.40. The van der Waals surface area contributed by atoms with Crippen LogP contribution in [0.4, 0.5) is 0 Å². The second-order valence-corrected chi connectivity index (χ2v) is 1.47. The average molecular weight is 92.2 g/mol. The van der Waals surface area contributed by atoms with Gasteiger partial charge in [-0.2, -0.15) is 12.5 Å². The Kier molecular flexibility index (Phi) is 3.08. The zero-order chi connectivity index (χ0) is 4.83. The quantitative estimate of drug-likeness (QED) is 0.397. The van der Waals surface area contributed by atoms with Crippen molar-refractivity contribution in [2.45, 2.75) is 19.8 Å².